The second-order valence-corrected chi connectivity index (χ2v) is 7.13. The van der Waals surface area contributed by atoms with E-state index in [2.05, 4.69) is 5.32 Å². The minimum absolute atomic E-state index is 0.767. The molecule has 1 heterocycles. The zero-order chi connectivity index (χ0) is 19.0. The van der Waals surface area contributed by atoms with Crippen molar-refractivity contribution in [1.82, 2.24) is 5.32 Å². The predicted octanol–water partition coefficient (Wildman–Crippen LogP) is 2.75. The number of hydrogen-bond donors (Lipinski definition) is 1. The Morgan fingerprint density at radius 2 is 1.85 bits per heavy atom. The Morgan fingerprint density at radius 1 is 1.35 bits per heavy atom. The van der Waals surface area contributed by atoms with Crippen molar-refractivity contribution in [3.8, 4) is 0 Å². The molecule has 2 fully saturated rings. The van der Waals surface area contributed by atoms with Gasteiger partial charge in [0.05, 0.1) is 12.6 Å². The third-order valence-corrected chi connectivity index (χ3v) is 3.58. The molecule has 2 aliphatic rings. The Balaban J connectivity index is 2.23. The van der Waals surface area contributed by atoms with E-state index < -0.39 is 48.2 Å². The highest BCUT2D eigenvalue weighted by atomic mass is 16.7. The van der Waals surface area contributed by atoms with Crippen molar-refractivity contribution < 1.29 is 24.3 Å². The van der Waals surface area contributed by atoms with Gasteiger partial charge < -0.3 is 19.4 Å². The smallest absolute Gasteiger partial charge is 0.444 e. The summed E-state index contributed by atoms with van der Waals surface area (Å²) in [6.45, 7) is 12.1. The van der Waals surface area contributed by atoms with Crippen LogP contribution in [0.25, 0.3) is 0 Å². The van der Waals surface area contributed by atoms with Crippen LogP contribution < -0.4 is 5.32 Å². The molecule has 5 nitrogen and oxygen atoms in total. The monoisotopic (exact) mass is 287 g/mol. The number of ether oxygens (including phenoxy) is 1. The summed E-state index contributed by atoms with van der Waals surface area (Å²) >= 11 is 0. The number of amides is 1. The van der Waals surface area contributed by atoms with E-state index in [1.165, 1.54) is 0 Å². The number of alkyl carbamates (subject to hydrolysis) is 1. The first-order chi connectivity index (χ1) is 10.4. The van der Waals surface area contributed by atoms with Crippen molar-refractivity contribution in [1.29, 1.82) is 0 Å². The van der Waals surface area contributed by atoms with Crippen LogP contribution >= 0.6 is 0 Å². The molecular weight excluding hydrogens is 257 g/mol. The van der Waals surface area contributed by atoms with Crippen LogP contribution in [0.5, 0.6) is 0 Å². The third kappa shape index (κ3) is 3.28. The second kappa shape index (κ2) is 4.63. The van der Waals surface area contributed by atoms with Gasteiger partial charge in [0.15, 0.2) is 0 Å². The van der Waals surface area contributed by atoms with E-state index in [9.17, 15) is 4.79 Å². The highest BCUT2D eigenvalue weighted by molar-refractivity contribution is 6.49. The van der Waals surface area contributed by atoms with E-state index in [0.29, 0.717) is 0 Å². The van der Waals surface area contributed by atoms with Crippen molar-refractivity contribution in [3.05, 3.63) is 0 Å². The molecule has 0 bridgehead atoms. The van der Waals surface area contributed by atoms with Crippen molar-refractivity contribution >= 4 is 13.2 Å². The Morgan fingerprint density at radius 3 is 2.30 bits per heavy atom. The molecule has 0 aromatic carbocycles. The number of carbonyl (C=O) groups is 1. The summed E-state index contributed by atoms with van der Waals surface area (Å²) < 4.78 is 49.5. The van der Waals surface area contributed by atoms with Gasteiger partial charge in [-0.15, -0.1) is 0 Å². The summed E-state index contributed by atoms with van der Waals surface area (Å²) in [4.78, 5) is 12.0. The van der Waals surface area contributed by atoms with Gasteiger partial charge in [0.1, 0.15) is 5.60 Å². The average Bonchev–Trinajstić information content (AvgIpc) is 2.54. The lowest BCUT2D eigenvalue weighted by Crippen LogP contribution is -2.41. The maximum Gasteiger partial charge on any atom is 0.463 e. The normalized spacial score (nSPS) is 43.9. The molecule has 1 N–H and O–H groups in total. The number of hydrogen-bond acceptors (Lipinski definition) is 4. The van der Waals surface area contributed by atoms with Gasteiger partial charge in [-0.25, -0.2) is 4.79 Å². The van der Waals surface area contributed by atoms with Gasteiger partial charge in [0.25, 0.3) is 0 Å². The standard InChI is InChI=1S/C14H26BNO4/c1-12(2,3)18-11(17)16-10-8-9(10)15-19-13(4,5)14(6,7)20-15/h9-10H,8H2,1-7H3,(H,16,17)/i8D2,9D,10D. The molecule has 1 aliphatic carbocycles. The minimum Gasteiger partial charge on any atom is -0.444 e. The Hall–Kier alpha value is -0.745. The van der Waals surface area contributed by atoms with Crippen LogP contribution in [0, 0.1) is 0 Å². The van der Waals surface area contributed by atoms with Crippen LogP contribution in [0.4, 0.5) is 4.79 Å². The predicted molar refractivity (Wildman–Crippen MR) is 77.6 cm³/mol. The number of rotatable bonds is 2. The number of carbonyl (C=O) groups excluding carboxylic acids is 1. The van der Waals surface area contributed by atoms with Crippen molar-refractivity contribution in [2.45, 2.75) is 83.5 Å². The lowest BCUT2D eigenvalue weighted by molar-refractivity contribution is 0.00578. The van der Waals surface area contributed by atoms with Gasteiger partial charge in [-0.1, -0.05) is 0 Å². The SMILES string of the molecule is [2H]C1([2H])C([2H])(NC(=O)OC(C)(C)C)C1([2H])B1OC(C)(C)C(C)(C)O1. The maximum absolute atomic E-state index is 12.0. The van der Waals surface area contributed by atoms with E-state index >= 15 is 0 Å². The van der Waals surface area contributed by atoms with E-state index in [1.807, 2.05) is 0 Å². The molecule has 1 amide bonds. The molecule has 1 aliphatic heterocycles. The van der Waals surface area contributed by atoms with Gasteiger partial charge in [-0.3, -0.25) is 0 Å². The molecular formula is C14H26BNO4. The van der Waals surface area contributed by atoms with Crippen molar-refractivity contribution in [2.75, 3.05) is 0 Å². The van der Waals surface area contributed by atoms with Gasteiger partial charge in [-0.05, 0) is 54.8 Å². The highest BCUT2D eigenvalue weighted by Crippen LogP contribution is 2.48. The van der Waals surface area contributed by atoms with E-state index in [1.54, 1.807) is 48.5 Å². The Labute approximate surface area is 127 Å². The first-order valence-electron chi connectivity index (χ1n) is 8.78. The van der Waals surface area contributed by atoms with Crippen LogP contribution in [0.2, 0.25) is 5.79 Å². The van der Waals surface area contributed by atoms with Gasteiger partial charge in [-0.2, -0.15) is 0 Å². The lowest BCUT2D eigenvalue weighted by Gasteiger charge is -2.32. The topological polar surface area (TPSA) is 56.8 Å². The minimum atomic E-state index is -2.36. The van der Waals surface area contributed by atoms with E-state index in [4.69, 9.17) is 19.5 Å². The largest absolute Gasteiger partial charge is 0.463 e. The van der Waals surface area contributed by atoms with Crippen LogP contribution in [-0.4, -0.2) is 36.0 Å². The molecule has 2 atom stereocenters. The quantitative estimate of drug-likeness (QED) is 0.793. The van der Waals surface area contributed by atoms with Gasteiger partial charge in [0, 0.05) is 15.9 Å². The molecule has 0 radical (unpaired) electrons. The second-order valence-electron chi connectivity index (χ2n) is 7.13. The molecule has 2 rings (SSSR count). The third-order valence-electron chi connectivity index (χ3n) is 3.58. The van der Waals surface area contributed by atoms with Crippen LogP contribution in [0.1, 0.15) is 60.3 Å². The van der Waals surface area contributed by atoms with Crippen LogP contribution in [0.3, 0.4) is 0 Å². The molecule has 20 heavy (non-hydrogen) atoms. The zero-order valence-electron chi connectivity index (χ0n) is 17.2. The first-order valence-corrected chi connectivity index (χ1v) is 6.78. The first kappa shape index (κ1) is 10.9. The Bertz CT molecular complexity index is 549. The summed E-state index contributed by atoms with van der Waals surface area (Å²) in [5, 5.41) is 2.18. The fourth-order valence-corrected chi connectivity index (χ4v) is 1.75. The lowest BCUT2D eigenvalue weighted by atomic mass is 9.82. The van der Waals surface area contributed by atoms with E-state index in [-0.39, 0.29) is 0 Å². The maximum atomic E-state index is 12.0. The molecule has 0 aromatic rings. The fourth-order valence-electron chi connectivity index (χ4n) is 1.75. The molecule has 6 heteroatoms. The van der Waals surface area contributed by atoms with E-state index in [0.717, 1.165) is 0 Å². The summed E-state index contributed by atoms with van der Waals surface area (Å²) in [6.07, 6.45) is -3.31. The van der Waals surface area contributed by atoms with Crippen LogP contribution in [-0.2, 0) is 14.0 Å². The molecule has 1 saturated carbocycles. The molecule has 114 valence electrons. The summed E-state index contributed by atoms with van der Waals surface area (Å²) in [5.74, 6) is -2.11. The zero-order valence-corrected chi connectivity index (χ0v) is 13.2. The molecule has 0 aromatic heterocycles. The molecule has 1 saturated heterocycles. The molecule has 2 unspecified atom stereocenters. The van der Waals surface area contributed by atoms with Crippen molar-refractivity contribution in [2.24, 2.45) is 0 Å². The average molecular weight is 287 g/mol. The summed E-state index contributed by atoms with van der Waals surface area (Å²) in [6, 6.07) is -2.23. The fraction of sp³-hybridized carbons (Fsp3) is 0.929. The summed E-state index contributed by atoms with van der Waals surface area (Å²) in [5.41, 5.74) is -2.33. The van der Waals surface area contributed by atoms with Crippen molar-refractivity contribution in [3.63, 3.8) is 0 Å². The molecule has 0 spiro atoms. The van der Waals surface area contributed by atoms with Gasteiger partial charge >= 0.3 is 13.2 Å². The van der Waals surface area contributed by atoms with Crippen LogP contribution in [0.15, 0.2) is 0 Å². The number of nitrogens with one attached hydrogen (secondary N) is 1. The Kier molecular flexibility index (Phi) is 2.53. The summed E-state index contributed by atoms with van der Waals surface area (Å²) in [7, 11) is -1.29. The highest BCUT2D eigenvalue weighted by Gasteiger charge is 2.60. The van der Waals surface area contributed by atoms with Gasteiger partial charge in [0.2, 0.25) is 0 Å².